The van der Waals surface area contributed by atoms with Crippen LogP contribution in [0.5, 0.6) is 0 Å². The minimum Gasteiger partial charge on any atom is -0.461 e. The lowest BCUT2D eigenvalue weighted by Crippen LogP contribution is -2.36. The van der Waals surface area contributed by atoms with Crippen molar-refractivity contribution in [3.05, 3.63) is 51.3 Å². The summed E-state index contributed by atoms with van der Waals surface area (Å²) < 4.78 is 33.6. The molecule has 0 fully saturated rings. The normalized spacial score (nSPS) is 14.6. The molecule has 0 saturated heterocycles. The highest BCUT2D eigenvalue weighted by atomic mass is 32.2. The second-order valence-corrected chi connectivity index (χ2v) is 7.90. The molecule has 0 amide bonds. The third kappa shape index (κ3) is 3.43. The van der Waals surface area contributed by atoms with Gasteiger partial charge in [0, 0.05) is 49.9 Å². The van der Waals surface area contributed by atoms with E-state index in [9.17, 15) is 23.3 Å². The molecule has 2 heterocycles. The van der Waals surface area contributed by atoms with Crippen LogP contribution in [0.25, 0.3) is 0 Å². The van der Waals surface area contributed by atoms with E-state index >= 15 is 0 Å². The maximum Gasteiger partial charge on any atom is 0.359 e. The van der Waals surface area contributed by atoms with Crippen LogP contribution in [0.1, 0.15) is 28.7 Å². The number of aromatic nitrogens is 2. The molecule has 0 saturated carbocycles. The van der Waals surface area contributed by atoms with Crippen molar-refractivity contribution in [1.82, 2.24) is 14.1 Å². The van der Waals surface area contributed by atoms with E-state index in [4.69, 9.17) is 4.74 Å². The van der Waals surface area contributed by atoms with E-state index in [0.29, 0.717) is 12.0 Å². The van der Waals surface area contributed by atoms with E-state index < -0.39 is 20.9 Å². The first-order chi connectivity index (χ1) is 12.8. The number of carbonyl (C=O) groups is 1. The minimum absolute atomic E-state index is 0.0172. The van der Waals surface area contributed by atoms with Gasteiger partial charge in [0.25, 0.3) is 5.69 Å². The van der Waals surface area contributed by atoms with Crippen LogP contribution in [0.4, 0.5) is 5.69 Å². The third-order valence-electron chi connectivity index (χ3n) is 4.36. The highest BCUT2D eigenvalue weighted by molar-refractivity contribution is 7.89. The number of hydrogen-bond donors (Lipinski definition) is 0. The van der Waals surface area contributed by atoms with Gasteiger partial charge in [-0.2, -0.15) is 9.40 Å². The molecule has 0 aliphatic carbocycles. The molecule has 0 spiro atoms. The number of benzene rings is 1. The topological polar surface area (TPSA) is 125 Å². The Bertz CT molecular complexity index is 997. The van der Waals surface area contributed by atoms with Crippen LogP contribution < -0.4 is 0 Å². The van der Waals surface area contributed by atoms with E-state index in [1.807, 2.05) is 0 Å². The number of rotatable bonds is 5. The van der Waals surface area contributed by atoms with Crippen LogP contribution in [0, 0.1) is 10.1 Å². The number of hydrogen-bond acceptors (Lipinski definition) is 7. The van der Waals surface area contributed by atoms with Crippen molar-refractivity contribution < 1.29 is 22.9 Å². The molecular formula is C16H18N4O6S. The summed E-state index contributed by atoms with van der Waals surface area (Å²) in [5.41, 5.74) is 1.23. The zero-order valence-electron chi connectivity index (χ0n) is 14.8. The molecule has 1 aromatic carbocycles. The lowest BCUT2D eigenvalue weighted by Gasteiger charge is -2.26. The molecule has 10 nitrogen and oxygen atoms in total. The highest BCUT2D eigenvalue weighted by Gasteiger charge is 2.34. The van der Waals surface area contributed by atoms with Crippen LogP contribution in [-0.2, 0) is 34.8 Å². The molecular weight excluding hydrogens is 376 g/mol. The summed E-state index contributed by atoms with van der Waals surface area (Å²) >= 11 is 0. The lowest BCUT2D eigenvalue weighted by atomic mass is 10.1. The molecule has 2 aromatic rings. The van der Waals surface area contributed by atoms with Gasteiger partial charge in [0.05, 0.1) is 16.4 Å². The van der Waals surface area contributed by atoms with Crippen LogP contribution in [0.15, 0.2) is 29.2 Å². The Kier molecular flexibility index (Phi) is 4.98. The average Bonchev–Trinajstić information content (AvgIpc) is 2.98. The molecule has 11 heteroatoms. The smallest absolute Gasteiger partial charge is 0.359 e. The number of nitrogens with zero attached hydrogens (tertiary/aromatic N) is 4. The van der Waals surface area contributed by atoms with Crippen LogP contribution in [-0.4, -0.2) is 46.5 Å². The van der Waals surface area contributed by atoms with Gasteiger partial charge in [0.1, 0.15) is 0 Å². The monoisotopic (exact) mass is 394 g/mol. The SMILES string of the molecule is CCOC(=O)c1nn(C)c2c1CN(S(=O)(=O)c1ccc([N+](=O)[O-])cc1)CC2. The first kappa shape index (κ1) is 19.0. The van der Waals surface area contributed by atoms with Crippen molar-refractivity contribution >= 4 is 21.7 Å². The van der Waals surface area contributed by atoms with Gasteiger partial charge in [-0.25, -0.2) is 13.2 Å². The Morgan fingerprint density at radius 1 is 1.33 bits per heavy atom. The van der Waals surface area contributed by atoms with Crippen molar-refractivity contribution in [2.75, 3.05) is 13.2 Å². The zero-order chi connectivity index (χ0) is 19.8. The first-order valence-corrected chi connectivity index (χ1v) is 9.66. The van der Waals surface area contributed by atoms with Crippen molar-refractivity contribution in [2.45, 2.75) is 24.8 Å². The number of ether oxygens (including phenoxy) is 1. The van der Waals surface area contributed by atoms with Crippen LogP contribution >= 0.6 is 0 Å². The van der Waals surface area contributed by atoms with Gasteiger partial charge in [0.2, 0.25) is 10.0 Å². The molecule has 0 bridgehead atoms. The Labute approximate surface area is 155 Å². The highest BCUT2D eigenvalue weighted by Crippen LogP contribution is 2.28. The number of nitro benzene ring substituents is 1. The Morgan fingerprint density at radius 3 is 2.59 bits per heavy atom. The molecule has 0 N–H and O–H groups in total. The molecule has 1 aliphatic heterocycles. The van der Waals surface area contributed by atoms with E-state index in [1.54, 1.807) is 18.7 Å². The van der Waals surface area contributed by atoms with Gasteiger partial charge >= 0.3 is 5.97 Å². The van der Waals surface area contributed by atoms with Gasteiger partial charge in [0.15, 0.2) is 5.69 Å². The number of carbonyl (C=O) groups excluding carboxylic acids is 1. The molecule has 1 aliphatic rings. The predicted molar refractivity (Wildman–Crippen MR) is 93.6 cm³/mol. The predicted octanol–water partition coefficient (Wildman–Crippen LogP) is 1.25. The summed E-state index contributed by atoms with van der Waals surface area (Å²) in [6.45, 7) is 2.07. The summed E-state index contributed by atoms with van der Waals surface area (Å²) in [5, 5.41) is 14.9. The Balaban J connectivity index is 1.92. The summed E-state index contributed by atoms with van der Waals surface area (Å²) in [4.78, 5) is 22.2. The second-order valence-electron chi connectivity index (χ2n) is 5.96. The van der Waals surface area contributed by atoms with Crippen molar-refractivity contribution in [2.24, 2.45) is 7.05 Å². The average molecular weight is 394 g/mol. The minimum atomic E-state index is -3.87. The van der Waals surface area contributed by atoms with Crippen LogP contribution in [0.2, 0.25) is 0 Å². The first-order valence-electron chi connectivity index (χ1n) is 8.22. The molecule has 144 valence electrons. The van der Waals surface area contributed by atoms with Crippen molar-refractivity contribution in [3.63, 3.8) is 0 Å². The van der Waals surface area contributed by atoms with Crippen LogP contribution in [0.3, 0.4) is 0 Å². The summed E-state index contributed by atoms with van der Waals surface area (Å²) in [6.07, 6.45) is 0.393. The van der Waals surface area contributed by atoms with E-state index in [0.717, 1.165) is 17.8 Å². The van der Waals surface area contributed by atoms with Gasteiger partial charge in [-0.3, -0.25) is 14.8 Å². The summed E-state index contributed by atoms with van der Waals surface area (Å²) in [5.74, 6) is -0.594. The summed E-state index contributed by atoms with van der Waals surface area (Å²) in [7, 11) is -2.17. The fourth-order valence-electron chi connectivity index (χ4n) is 3.03. The third-order valence-corrected chi connectivity index (χ3v) is 6.22. The van der Waals surface area contributed by atoms with E-state index in [2.05, 4.69) is 5.10 Å². The number of sulfonamides is 1. The Morgan fingerprint density at radius 2 is 2.00 bits per heavy atom. The van der Waals surface area contributed by atoms with E-state index in [-0.39, 0.29) is 36.0 Å². The van der Waals surface area contributed by atoms with Gasteiger partial charge in [-0.05, 0) is 19.1 Å². The second kappa shape index (κ2) is 7.08. The van der Waals surface area contributed by atoms with Gasteiger partial charge < -0.3 is 4.74 Å². The van der Waals surface area contributed by atoms with Gasteiger partial charge in [-0.15, -0.1) is 0 Å². The maximum atomic E-state index is 12.9. The van der Waals surface area contributed by atoms with E-state index in [1.165, 1.54) is 16.4 Å². The number of non-ortho nitro benzene ring substituents is 1. The lowest BCUT2D eigenvalue weighted by molar-refractivity contribution is -0.384. The standard InChI is InChI=1S/C16H18N4O6S/c1-3-26-16(21)15-13-10-19(9-8-14(13)18(2)17-15)27(24,25)12-6-4-11(5-7-12)20(22)23/h4-7H,3,8-10H2,1-2H3. The molecule has 0 radical (unpaired) electrons. The number of nitro groups is 1. The molecule has 3 rings (SSSR count). The fraction of sp³-hybridized carbons (Fsp3) is 0.375. The number of fused-ring (bicyclic) bond motifs is 1. The molecule has 27 heavy (non-hydrogen) atoms. The Hall–Kier alpha value is -2.79. The quantitative estimate of drug-likeness (QED) is 0.424. The van der Waals surface area contributed by atoms with Crippen molar-refractivity contribution in [1.29, 1.82) is 0 Å². The van der Waals surface area contributed by atoms with Gasteiger partial charge in [-0.1, -0.05) is 0 Å². The molecule has 0 atom stereocenters. The van der Waals surface area contributed by atoms with Crippen molar-refractivity contribution in [3.8, 4) is 0 Å². The maximum absolute atomic E-state index is 12.9. The number of aryl methyl sites for hydroxylation is 1. The fourth-order valence-corrected chi connectivity index (χ4v) is 4.43. The largest absolute Gasteiger partial charge is 0.461 e. The zero-order valence-corrected chi connectivity index (χ0v) is 15.6. The molecule has 1 aromatic heterocycles. The summed E-state index contributed by atoms with van der Waals surface area (Å²) in [6, 6.07) is 4.71. The molecule has 0 unspecified atom stereocenters. The number of esters is 1.